The molecular formula is C22H23N5O2S3. The van der Waals surface area contributed by atoms with Crippen LogP contribution in [0.2, 0.25) is 0 Å². The Morgan fingerprint density at radius 3 is 2.88 bits per heavy atom. The van der Waals surface area contributed by atoms with E-state index in [2.05, 4.69) is 26.8 Å². The molecule has 3 aromatic rings. The topological polar surface area (TPSA) is 88.1 Å². The highest BCUT2D eigenvalue weighted by Crippen LogP contribution is 2.32. The van der Waals surface area contributed by atoms with Crippen molar-refractivity contribution >= 4 is 51.4 Å². The molecule has 0 spiro atoms. The van der Waals surface area contributed by atoms with Gasteiger partial charge in [-0.05, 0) is 31.9 Å². The van der Waals surface area contributed by atoms with E-state index in [9.17, 15) is 9.59 Å². The van der Waals surface area contributed by atoms with Crippen LogP contribution in [0.4, 0.5) is 5.13 Å². The van der Waals surface area contributed by atoms with Crippen LogP contribution in [-0.4, -0.2) is 50.5 Å². The fourth-order valence-corrected chi connectivity index (χ4v) is 5.81. The van der Waals surface area contributed by atoms with Crippen LogP contribution < -0.4 is 5.32 Å². The molecule has 0 aromatic carbocycles. The molecule has 1 aliphatic heterocycles. The van der Waals surface area contributed by atoms with Gasteiger partial charge >= 0.3 is 0 Å². The second-order valence-corrected chi connectivity index (χ2v) is 10.5. The second kappa shape index (κ2) is 10.4. The van der Waals surface area contributed by atoms with Gasteiger partial charge in [-0.3, -0.25) is 14.9 Å². The molecule has 1 aliphatic rings. The number of carbonyl (C=O) groups is 2. The van der Waals surface area contributed by atoms with Crippen molar-refractivity contribution < 1.29 is 9.59 Å². The third-order valence-corrected chi connectivity index (χ3v) is 7.90. The predicted octanol–water partition coefficient (Wildman–Crippen LogP) is 4.85. The van der Waals surface area contributed by atoms with E-state index in [0.717, 1.165) is 27.8 Å². The zero-order valence-corrected chi connectivity index (χ0v) is 20.1. The molecule has 32 heavy (non-hydrogen) atoms. The molecule has 7 nitrogen and oxygen atoms in total. The number of aryl methyl sites for hydroxylation is 1. The Morgan fingerprint density at radius 1 is 1.34 bits per heavy atom. The molecule has 2 amide bonds. The van der Waals surface area contributed by atoms with Crippen molar-refractivity contribution in [1.29, 1.82) is 0 Å². The summed E-state index contributed by atoms with van der Waals surface area (Å²) in [4.78, 5) is 41.6. The highest BCUT2D eigenvalue weighted by atomic mass is 32.2. The first-order valence-electron chi connectivity index (χ1n) is 10.2. The molecule has 166 valence electrons. The van der Waals surface area contributed by atoms with Crippen molar-refractivity contribution in [2.24, 2.45) is 0 Å². The molecule has 4 heterocycles. The minimum atomic E-state index is -0.240. The Hall–Kier alpha value is -2.56. The number of aromatic nitrogens is 3. The molecule has 0 saturated carbocycles. The van der Waals surface area contributed by atoms with Gasteiger partial charge in [0.1, 0.15) is 10.7 Å². The highest BCUT2D eigenvalue weighted by molar-refractivity contribution is 7.99. The molecule has 3 aromatic heterocycles. The van der Waals surface area contributed by atoms with E-state index in [-0.39, 0.29) is 17.7 Å². The first-order chi connectivity index (χ1) is 15.5. The zero-order valence-electron chi connectivity index (χ0n) is 17.6. The molecule has 0 atom stereocenters. The number of thioether (sulfide) groups is 1. The largest absolute Gasteiger partial charge is 0.339 e. The fourth-order valence-electron chi connectivity index (χ4n) is 3.46. The van der Waals surface area contributed by atoms with Crippen molar-refractivity contribution in [3.05, 3.63) is 63.7 Å². The first kappa shape index (κ1) is 22.6. The lowest BCUT2D eigenvalue weighted by Gasteiger charge is -2.31. The molecule has 0 unspecified atom stereocenters. The lowest BCUT2D eigenvalue weighted by atomic mass is 9.97. The normalized spacial score (nSPS) is 14.3. The smallest absolute Gasteiger partial charge is 0.276 e. The third-order valence-electron chi connectivity index (χ3n) is 5.07. The van der Waals surface area contributed by atoms with Gasteiger partial charge in [0, 0.05) is 47.4 Å². The SMILES string of the molecule is C=CCSc1ncccc1C(=O)N1CCC(c2nc(C(=O)Nc3ncc(C)s3)cs2)CC1. The predicted molar refractivity (Wildman–Crippen MR) is 130 cm³/mol. The van der Waals surface area contributed by atoms with Gasteiger partial charge in [-0.2, -0.15) is 0 Å². The van der Waals surface area contributed by atoms with Crippen molar-refractivity contribution in [2.75, 3.05) is 24.2 Å². The summed E-state index contributed by atoms with van der Waals surface area (Å²) >= 11 is 4.46. The van der Waals surface area contributed by atoms with E-state index in [4.69, 9.17) is 0 Å². The summed E-state index contributed by atoms with van der Waals surface area (Å²) in [5.41, 5.74) is 1.05. The Bertz CT molecular complexity index is 1120. The number of pyridine rings is 1. The minimum Gasteiger partial charge on any atom is -0.339 e. The number of amides is 2. The summed E-state index contributed by atoms with van der Waals surface area (Å²) in [5.74, 6) is 0.731. The fraction of sp³-hybridized carbons (Fsp3) is 0.318. The Balaban J connectivity index is 1.36. The Kier molecular flexibility index (Phi) is 7.33. The van der Waals surface area contributed by atoms with Crippen LogP contribution in [0.5, 0.6) is 0 Å². The molecule has 4 rings (SSSR count). The van der Waals surface area contributed by atoms with Gasteiger partial charge in [0.05, 0.1) is 10.6 Å². The number of piperidine rings is 1. The number of likely N-dealkylation sites (tertiary alicyclic amines) is 1. The molecule has 0 radical (unpaired) electrons. The minimum absolute atomic E-state index is 0.0149. The van der Waals surface area contributed by atoms with Crippen LogP contribution >= 0.6 is 34.4 Å². The number of thiazole rings is 2. The van der Waals surface area contributed by atoms with Gasteiger partial charge in [0.25, 0.3) is 11.8 Å². The Labute approximate surface area is 199 Å². The number of rotatable bonds is 7. The van der Waals surface area contributed by atoms with Crippen molar-refractivity contribution in [3.63, 3.8) is 0 Å². The molecule has 0 aliphatic carbocycles. The lowest BCUT2D eigenvalue weighted by Crippen LogP contribution is -2.38. The van der Waals surface area contributed by atoms with E-state index in [1.165, 1.54) is 34.4 Å². The van der Waals surface area contributed by atoms with Crippen molar-refractivity contribution in [3.8, 4) is 0 Å². The van der Waals surface area contributed by atoms with E-state index < -0.39 is 0 Å². The molecule has 0 bridgehead atoms. The highest BCUT2D eigenvalue weighted by Gasteiger charge is 2.28. The summed E-state index contributed by atoms with van der Waals surface area (Å²) in [5, 5.41) is 6.86. The average Bonchev–Trinajstić information content (AvgIpc) is 3.47. The molecule has 1 fully saturated rings. The van der Waals surface area contributed by atoms with E-state index in [0.29, 0.717) is 35.2 Å². The third kappa shape index (κ3) is 5.25. The summed E-state index contributed by atoms with van der Waals surface area (Å²) in [6.45, 7) is 6.99. The van der Waals surface area contributed by atoms with Crippen molar-refractivity contribution in [2.45, 2.75) is 30.7 Å². The van der Waals surface area contributed by atoms with Gasteiger partial charge in [0.15, 0.2) is 5.13 Å². The zero-order chi connectivity index (χ0) is 22.5. The summed E-state index contributed by atoms with van der Waals surface area (Å²) < 4.78 is 0. The van der Waals surface area contributed by atoms with Crippen LogP contribution in [0.1, 0.15) is 49.5 Å². The van der Waals surface area contributed by atoms with Crippen LogP contribution in [0.15, 0.2) is 47.6 Å². The number of anilines is 1. The molecule has 1 saturated heterocycles. The van der Waals surface area contributed by atoms with Gasteiger partial charge in [0.2, 0.25) is 0 Å². The lowest BCUT2D eigenvalue weighted by molar-refractivity contribution is 0.0708. The molecule has 1 N–H and O–H groups in total. The number of nitrogens with zero attached hydrogens (tertiary/aromatic N) is 4. The van der Waals surface area contributed by atoms with Gasteiger partial charge < -0.3 is 4.90 Å². The van der Waals surface area contributed by atoms with Crippen LogP contribution in [0.25, 0.3) is 0 Å². The van der Waals surface area contributed by atoms with Crippen LogP contribution in [-0.2, 0) is 0 Å². The summed E-state index contributed by atoms with van der Waals surface area (Å²) in [7, 11) is 0. The maximum atomic E-state index is 13.1. The van der Waals surface area contributed by atoms with E-state index in [1.54, 1.807) is 29.9 Å². The van der Waals surface area contributed by atoms with Crippen LogP contribution in [0, 0.1) is 6.92 Å². The van der Waals surface area contributed by atoms with Gasteiger partial charge in [-0.15, -0.1) is 41.0 Å². The van der Waals surface area contributed by atoms with Gasteiger partial charge in [-0.25, -0.2) is 15.0 Å². The molecule has 10 heteroatoms. The molecular weight excluding hydrogens is 462 g/mol. The summed E-state index contributed by atoms with van der Waals surface area (Å²) in [6.07, 6.45) is 6.89. The van der Waals surface area contributed by atoms with Crippen molar-refractivity contribution in [1.82, 2.24) is 19.9 Å². The van der Waals surface area contributed by atoms with E-state index >= 15 is 0 Å². The first-order valence-corrected chi connectivity index (χ1v) is 12.9. The Morgan fingerprint density at radius 2 is 2.16 bits per heavy atom. The second-order valence-electron chi connectivity index (χ2n) is 7.32. The monoisotopic (exact) mass is 485 g/mol. The number of nitrogens with one attached hydrogen (secondary N) is 1. The maximum Gasteiger partial charge on any atom is 0.276 e. The maximum absolute atomic E-state index is 13.1. The standard InChI is InChI=1S/C22H23N5O2S3/c1-3-11-30-20-16(5-4-8-23-20)21(29)27-9-6-15(7-10-27)19-25-17(13-31-19)18(28)26-22-24-12-14(2)32-22/h3-5,8,12-13,15H,1,6-7,9-11H2,2H3,(H,24,26,28). The number of hydrogen-bond donors (Lipinski definition) is 1. The number of carbonyl (C=O) groups excluding carboxylic acids is 2. The van der Waals surface area contributed by atoms with E-state index in [1.807, 2.05) is 17.9 Å². The summed E-state index contributed by atoms with van der Waals surface area (Å²) in [6, 6.07) is 3.63. The van der Waals surface area contributed by atoms with Gasteiger partial charge in [-0.1, -0.05) is 6.08 Å². The average molecular weight is 486 g/mol. The quantitative estimate of drug-likeness (QED) is 0.380. The van der Waals surface area contributed by atoms with Crippen LogP contribution in [0.3, 0.4) is 0 Å². The number of hydrogen-bond acceptors (Lipinski definition) is 8.